The summed E-state index contributed by atoms with van der Waals surface area (Å²) in [4.78, 5) is 2.79. The fourth-order valence-electron chi connectivity index (χ4n) is 0.669. The van der Waals surface area contributed by atoms with Crippen LogP contribution in [0.25, 0.3) is 6.08 Å². The summed E-state index contributed by atoms with van der Waals surface area (Å²) in [7, 11) is 0. The lowest BCUT2D eigenvalue weighted by Crippen LogP contribution is -1.89. The van der Waals surface area contributed by atoms with Crippen LogP contribution in [-0.2, 0) is 0 Å². The summed E-state index contributed by atoms with van der Waals surface area (Å²) in [5, 5.41) is 0.228. The van der Waals surface area contributed by atoms with Gasteiger partial charge in [-0.15, -0.1) is 0 Å². The molecule has 0 bridgehead atoms. The van der Waals surface area contributed by atoms with E-state index in [4.69, 9.17) is 23.1 Å². The predicted octanol–water partition coefficient (Wildman–Crippen LogP) is 1.09. The molecule has 4 heteroatoms. The highest BCUT2D eigenvalue weighted by Crippen LogP contribution is 2.12. The molecule has 54 valence electrons. The minimum absolute atomic E-state index is 0.228. The molecular weight excluding hydrogens is 150 g/mol. The Morgan fingerprint density at radius 2 is 2.40 bits per heavy atom. The molecule has 1 rings (SSSR count). The van der Waals surface area contributed by atoms with Crippen molar-refractivity contribution in [3.8, 4) is 0 Å². The Balaban J connectivity index is 2.95. The van der Waals surface area contributed by atoms with E-state index in [1.807, 2.05) is 0 Å². The lowest BCUT2D eigenvalue weighted by atomic mass is 10.3. The molecule has 0 amide bonds. The number of rotatable bonds is 1. The summed E-state index contributed by atoms with van der Waals surface area (Å²) >= 11 is 5.41. The molecule has 0 saturated carbocycles. The van der Waals surface area contributed by atoms with Crippen molar-refractivity contribution >= 4 is 23.5 Å². The highest BCUT2D eigenvalue weighted by Gasteiger charge is 1.94. The van der Waals surface area contributed by atoms with Crippen LogP contribution in [0.1, 0.15) is 5.56 Å². The van der Waals surface area contributed by atoms with Gasteiger partial charge >= 0.3 is 0 Å². The van der Waals surface area contributed by atoms with Crippen molar-refractivity contribution in [3.05, 3.63) is 23.0 Å². The molecule has 0 radical (unpaired) electrons. The number of nitrogen functional groups attached to an aromatic ring is 1. The molecule has 0 aliphatic rings. The van der Waals surface area contributed by atoms with Crippen molar-refractivity contribution in [2.75, 3.05) is 5.73 Å². The molecular formula is C6H8ClN3. The van der Waals surface area contributed by atoms with E-state index in [1.54, 1.807) is 18.3 Å². The largest absolute Gasteiger partial charge is 0.389 e. The third-order valence-electron chi connectivity index (χ3n) is 1.11. The van der Waals surface area contributed by atoms with Gasteiger partial charge in [0.25, 0.3) is 0 Å². The second kappa shape index (κ2) is 2.66. The Morgan fingerprint density at radius 1 is 1.70 bits per heavy atom. The fourth-order valence-corrected chi connectivity index (χ4v) is 0.786. The van der Waals surface area contributed by atoms with E-state index in [9.17, 15) is 0 Å². The van der Waals surface area contributed by atoms with E-state index >= 15 is 0 Å². The highest BCUT2D eigenvalue weighted by atomic mass is 35.5. The second-order valence-electron chi connectivity index (χ2n) is 1.88. The van der Waals surface area contributed by atoms with Crippen LogP contribution in [0.15, 0.2) is 17.4 Å². The van der Waals surface area contributed by atoms with E-state index in [0.717, 1.165) is 5.56 Å². The molecule has 0 fully saturated rings. The van der Waals surface area contributed by atoms with Crippen molar-refractivity contribution in [2.24, 2.45) is 5.73 Å². The summed E-state index contributed by atoms with van der Waals surface area (Å²) in [6, 6.07) is 1.80. The maximum atomic E-state index is 5.47. The van der Waals surface area contributed by atoms with Gasteiger partial charge in [-0.05, 0) is 12.1 Å². The van der Waals surface area contributed by atoms with Gasteiger partial charge in [0.1, 0.15) is 5.82 Å². The summed E-state index contributed by atoms with van der Waals surface area (Å²) in [5.74, 6) is 0.573. The van der Waals surface area contributed by atoms with Crippen molar-refractivity contribution in [2.45, 2.75) is 0 Å². The van der Waals surface area contributed by atoms with Crippen LogP contribution < -0.4 is 11.5 Å². The molecule has 10 heavy (non-hydrogen) atoms. The van der Waals surface area contributed by atoms with Gasteiger partial charge in [-0.2, -0.15) is 0 Å². The van der Waals surface area contributed by atoms with Gasteiger partial charge in [0.2, 0.25) is 0 Å². The number of halogens is 1. The standard InChI is InChI=1S/C6H8ClN3/c7-5(8)3-4-1-2-10-6(4)9/h1-3,10H,8-9H2/b5-3-. The topological polar surface area (TPSA) is 67.8 Å². The number of nitrogens with one attached hydrogen (secondary N) is 1. The Labute approximate surface area is 63.7 Å². The average molecular weight is 158 g/mol. The third kappa shape index (κ3) is 1.45. The number of H-pyrrole nitrogens is 1. The first-order chi connectivity index (χ1) is 4.70. The van der Waals surface area contributed by atoms with Gasteiger partial charge in [0, 0.05) is 11.8 Å². The third-order valence-corrected chi connectivity index (χ3v) is 1.22. The highest BCUT2D eigenvalue weighted by molar-refractivity contribution is 6.30. The number of hydrogen-bond donors (Lipinski definition) is 3. The molecule has 5 N–H and O–H groups in total. The molecule has 0 aliphatic heterocycles. The monoisotopic (exact) mass is 157 g/mol. The van der Waals surface area contributed by atoms with Crippen LogP contribution in [-0.4, -0.2) is 4.98 Å². The van der Waals surface area contributed by atoms with Gasteiger partial charge in [-0.1, -0.05) is 11.6 Å². The van der Waals surface area contributed by atoms with E-state index in [2.05, 4.69) is 4.98 Å². The predicted molar refractivity (Wildman–Crippen MR) is 43.2 cm³/mol. The Bertz CT molecular complexity index is 247. The molecule has 3 nitrogen and oxygen atoms in total. The minimum Gasteiger partial charge on any atom is -0.389 e. The van der Waals surface area contributed by atoms with E-state index < -0.39 is 0 Å². The van der Waals surface area contributed by atoms with Crippen molar-refractivity contribution < 1.29 is 0 Å². The first-order valence-electron chi connectivity index (χ1n) is 2.75. The average Bonchev–Trinajstić information content (AvgIpc) is 2.15. The summed E-state index contributed by atoms with van der Waals surface area (Å²) in [6.07, 6.45) is 3.31. The van der Waals surface area contributed by atoms with Crippen molar-refractivity contribution in [1.29, 1.82) is 0 Å². The molecule has 1 heterocycles. The molecule has 0 atom stereocenters. The summed E-state index contributed by atoms with van der Waals surface area (Å²) in [5.41, 5.74) is 11.5. The molecule has 0 saturated heterocycles. The zero-order chi connectivity index (χ0) is 7.56. The van der Waals surface area contributed by atoms with E-state index in [1.165, 1.54) is 0 Å². The van der Waals surface area contributed by atoms with Gasteiger partial charge in [0.15, 0.2) is 0 Å². The number of aromatic nitrogens is 1. The molecule has 1 aromatic rings. The van der Waals surface area contributed by atoms with Crippen LogP contribution in [0.3, 0.4) is 0 Å². The normalized spacial score (nSPS) is 11.9. The summed E-state index contributed by atoms with van der Waals surface area (Å²) < 4.78 is 0. The van der Waals surface area contributed by atoms with Gasteiger partial charge in [-0.25, -0.2) is 0 Å². The first kappa shape index (κ1) is 7.02. The molecule has 0 unspecified atom stereocenters. The lowest BCUT2D eigenvalue weighted by Gasteiger charge is -1.89. The molecule has 0 spiro atoms. The van der Waals surface area contributed by atoms with E-state index in [0.29, 0.717) is 5.82 Å². The van der Waals surface area contributed by atoms with Crippen LogP contribution in [0.5, 0.6) is 0 Å². The van der Waals surface area contributed by atoms with Gasteiger partial charge in [-0.3, -0.25) is 0 Å². The SMILES string of the molecule is N/C(Cl)=C\c1cc[nH]c1N. The van der Waals surface area contributed by atoms with Crippen LogP contribution in [0, 0.1) is 0 Å². The second-order valence-corrected chi connectivity index (χ2v) is 2.31. The van der Waals surface area contributed by atoms with Gasteiger partial charge in [0.05, 0.1) is 5.16 Å². The van der Waals surface area contributed by atoms with Crippen LogP contribution >= 0.6 is 11.6 Å². The molecule has 0 aliphatic carbocycles. The minimum atomic E-state index is 0.228. The zero-order valence-electron chi connectivity index (χ0n) is 5.26. The van der Waals surface area contributed by atoms with Crippen LogP contribution in [0.4, 0.5) is 5.82 Å². The Morgan fingerprint density at radius 3 is 2.80 bits per heavy atom. The molecule has 0 aromatic carbocycles. The van der Waals surface area contributed by atoms with Crippen molar-refractivity contribution in [1.82, 2.24) is 4.98 Å². The van der Waals surface area contributed by atoms with Gasteiger partial charge < -0.3 is 16.5 Å². The maximum absolute atomic E-state index is 5.47. The smallest absolute Gasteiger partial charge is 0.108 e. The maximum Gasteiger partial charge on any atom is 0.108 e. The Hall–Kier alpha value is -1.09. The lowest BCUT2D eigenvalue weighted by molar-refractivity contribution is 1.41. The number of aromatic amines is 1. The fraction of sp³-hybridized carbons (Fsp3) is 0. The quantitative estimate of drug-likeness (QED) is 0.535. The molecule has 1 aromatic heterocycles. The first-order valence-corrected chi connectivity index (χ1v) is 3.13. The summed E-state index contributed by atoms with van der Waals surface area (Å²) in [6.45, 7) is 0. The Kier molecular flexibility index (Phi) is 1.87. The number of hydrogen-bond acceptors (Lipinski definition) is 2. The van der Waals surface area contributed by atoms with Crippen LogP contribution in [0.2, 0.25) is 0 Å². The van der Waals surface area contributed by atoms with E-state index in [-0.39, 0.29) is 5.16 Å². The zero-order valence-corrected chi connectivity index (χ0v) is 6.02. The number of nitrogens with two attached hydrogens (primary N) is 2. The number of anilines is 1. The van der Waals surface area contributed by atoms with Crippen molar-refractivity contribution in [3.63, 3.8) is 0 Å².